The number of likely N-dealkylation sites (tertiary alicyclic amines) is 1. The maximum Gasteiger partial charge on any atom is 0.251 e. The molecule has 0 bridgehead atoms. The molecule has 1 heterocycles. The van der Waals surface area contributed by atoms with Gasteiger partial charge in [-0.25, -0.2) is 0 Å². The molecule has 5 heteroatoms. The van der Waals surface area contributed by atoms with Gasteiger partial charge in [0.15, 0.2) is 0 Å². The van der Waals surface area contributed by atoms with E-state index in [0.717, 1.165) is 25.9 Å². The Kier molecular flexibility index (Phi) is 5.12. The van der Waals surface area contributed by atoms with Crippen molar-refractivity contribution in [2.75, 3.05) is 26.7 Å². The molecule has 1 aliphatic heterocycles. The number of hydrogen-bond acceptors (Lipinski definition) is 3. The van der Waals surface area contributed by atoms with Crippen molar-refractivity contribution in [1.82, 2.24) is 15.5 Å². The van der Waals surface area contributed by atoms with Crippen LogP contribution in [0.2, 0.25) is 0 Å². The van der Waals surface area contributed by atoms with Crippen LogP contribution in [0.3, 0.4) is 0 Å². The van der Waals surface area contributed by atoms with Gasteiger partial charge >= 0.3 is 0 Å². The van der Waals surface area contributed by atoms with Gasteiger partial charge in [0.05, 0.1) is 6.54 Å². The van der Waals surface area contributed by atoms with Gasteiger partial charge < -0.3 is 15.5 Å². The molecule has 0 atom stereocenters. The van der Waals surface area contributed by atoms with Crippen LogP contribution >= 0.6 is 0 Å². The van der Waals surface area contributed by atoms with Crippen molar-refractivity contribution >= 4 is 11.8 Å². The van der Waals surface area contributed by atoms with Crippen LogP contribution in [0.4, 0.5) is 0 Å². The number of hydrogen-bond donors (Lipinski definition) is 2. The van der Waals surface area contributed by atoms with Gasteiger partial charge in [0.1, 0.15) is 0 Å². The first-order valence-electron chi connectivity index (χ1n) is 6.96. The lowest BCUT2D eigenvalue weighted by Gasteiger charge is -2.29. The molecule has 2 N–H and O–H groups in total. The minimum Gasteiger partial charge on any atom is -0.352 e. The number of carbonyl (C=O) groups excluding carboxylic acids is 2. The Balaban J connectivity index is 1.71. The van der Waals surface area contributed by atoms with E-state index in [4.69, 9.17) is 0 Å². The number of amides is 2. The third-order valence-corrected chi connectivity index (χ3v) is 3.53. The van der Waals surface area contributed by atoms with E-state index in [1.54, 1.807) is 24.3 Å². The second kappa shape index (κ2) is 7.05. The summed E-state index contributed by atoms with van der Waals surface area (Å²) in [6.07, 6.45) is 1.93. The molecular weight excluding hydrogens is 254 g/mol. The molecule has 2 rings (SSSR count). The van der Waals surface area contributed by atoms with E-state index in [1.165, 1.54) is 0 Å². The van der Waals surface area contributed by atoms with Gasteiger partial charge in [-0.15, -0.1) is 0 Å². The van der Waals surface area contributed by atoms with E-state index >= 15 is 0 Å². The van der Waals surface area contributed by atoms with Crippen molar-refractivity contribution in [2.24, 2.45) is 0 Å². The summed E-state index contributed by atoms with van der Waals surface area (Å²) in [5.74, 6) is -0.340. The Labute approximate surface area is 119 Å². The Morgan fingerprint density at radius 1 is 1.20 bits per heavy atom. The third kappa shape index (κ3) is 4.35. The molecule has 20 heavy (non-hydrogen) atoms. The largest absolute Gasteiger partial charge is 0.352 e. The van der Waals surface area contributed by atoms with Crippen LogP contribution in [0.15, 0.2) is 30.3 Å². The summed E-state index contributed by atoms with van der Waals surface area (Å²) < 4.78 is 0. The lowest BCUT2D eigenvalue weighted by Crippen LogP contribution is -2.46. The van der Waals surface area contributed by atoms with Crippen LogP contribution < -0.4 is 10.6 Å². The molecule has 108 valence electrons. The van der Waals surface area contributed by atoms with E-state index in [9.17, 15) is 9.59 Å². The van der Waals surface area contributed by atoms with E-state index in [2.05, 4.69) is 22.6 Å². The fourth-order valence-corrected chi connectivity index (χ4v) is 2.28. The minimum absolute atomic E-state index is 0.0278. The predicted octanol–water partition coefficient (Wildman–Crippen LogP) is 0.627. The molecule has 0 aliphatic carbocycles. The van der Waals surface area contributed by atoms with Crippen molar-refractivity contribution in [3.05, 3.63) is 35.9 Å². The van der Waals surface area contributed by atoms with Gasteiger partial charge in [0.25, 0.3) is 5.91 Å². The fourth-order valence-electron chi connectivity index (χ4n) is 2.28. The number of nitrogens with zero attached hydrogens (tertiary/aromatic N) is 1. The summed E-state index contributed by atoms with van der Waals surface area (Å²) in [7, 11) is 2.08. The fraction of sp³-hybridized carbons (Fsp3) is 0.467. The highest BCUT2D eigenvalue weighted by Crippen LogP contribution is 2.07. The molecule has 0 saturated carbocycles. The highest BCUT2D eigenvalue weighted by atomic mass is 16.2. The molecule has 1 fully saturated rings. The molecule has 1 aromatic carbocycles. The number of rotatable bonds is 4. The molecule has 1 saturated heterocycles. The molecule has 0 unspecified atom stereocenters. The first kappa shape index (κ1) is 14.5. The molecular formula is C15H21N3O2. The lowest BCUT2D eigenvalue weighted by molar-refractivity contribution is -0.121. The Morgan fingerprint density at radius 3 is 2.50 bits per heavy atom. The summed E-state index contributed by atoms with van der Waals surface area (Å²) in [6, 6.07) is 9.13. The molecule has 0 spiro atoms. The van der Waals surface area contributed by atoms with Gasteiger partial charge in [0, 0.05) is 11.6 Å². The topological polar surface area (TPSA) is 61.4 Å². The van der Waals surface area contributed by atoms with E-state index in [0.29, 0.717) is 5.56 Å². The van der Waals surface area contributed by atoms with Crippen LogP contribution in [0, 0.1) is 0 Å². The van der Waals surface area contributed by atoms with Crippen molar-refractivity contribution in [3.8, 4) is 0 Å². The zero-order valence-electron chi connectivity index (χ0n) is 11.8. The summed E-state index contributed by atoms with van der Waals surface area (Å²) >= 11 is 0. The Bertz CT molecular complexity index is 453. The zero-order valence-corrected chi connectivity index (χ0v) is 11.8. The number of benzene rings is 1. The Morgan fingerprint density at radius 2 is 1.85 bits per heavy atom. The zero-order chi connectivity index (χ0) is 14.4. The Hall–Kier alpha value is -1.88. The SMILES string of the molecule is CN1CCC(NC(=O)CNC(=O)c2ccccc2)CC1. The first-order valence-corrected chi connectivity index (χ1v) is 6.96. The highest BCUT2D eigenvalue weighted by Gasteiger charge is 2.18. The van der Waals surface area contributed by atoms with Gasteiger partial charge in [-0.05, 0) is 45.1 Å². The molecule has 5 nitrogen and oxygen atoms in total. The second-order valence-electron chi connectivity index (χ2n) is 5.19. The van der Waals surface area contributed by atoms with Crippen molar-refractivity contribution in [2.45, 2.75) is 18.9 Å². The number of nitrogens with one attached hydrogen (secondary N) is 2. The maximum absolute atomic E-state index is 11.8. The van der Waals surface area contributed by atoms with Crippen LogP contribution in [0.5, 0.6) is 0 Å². The second-order valence-corrected chi connectivity index (χ2v) is 5.19. The summed E-state index contributed by atoms with van der Waals surface area (Å²) in [5, 5.41) is 5.60. The van der Waals surface area contributed by atoms with Crippen molar-refractivity contribution in [1.29, 1.82) is 0 Å². The third-order valence-electron chi connectivity index (χ3n) is 3.53. The highest BCUT2D eigenvalue weighted by molar-refractivity contribution is 5.96. The van der Waals surface area contributed by atoms with Gasteiger partial charge in [-0.1, -0.05) is 18.2 Å². The van der Waals surface area contributed by atoms with Crippen LogP contribution in [-0.2, 0) is 4.79 Å². The monoisotopic (exact) mass is 275 g/mol. The molecule has 0 radical (unpaired) electrons. The molecule has 0 aromatic heterocycles. The average molecular weight is 275 g/mol. The van der Waals surface area contributed by atoms with Gasteiger partial charge in [-0.3, -0.25) is 9.59 Å². The first-order chi connectivity index (χ1) is 9.65. The normalized spacial score (nSPS) is 16.6. The standard InChI is InChI=1S/C15H21N3O2/c1-18-9-7-13(8-10-18)17-14(19)11-16-15(20)12-5-3-2-4-6-12/h2-6,13H,7-11H2,1H3,(H,16,20)(H,17,19). The van der Waals surface area contributed by atoms with Crippen LogP contribution in [-0.4, -0.2) is 49.4 Å². The quantitative estimate of drug-likeness (QED) is 0.847. The molecule has 1 aromatic rings. The summed E-state index contributed by atoms with van der Waals surface area (Å²) in [6.45, 7) is 2.03. The van der Waals surface area contributed by atoms with E-state index < -0.39 is 0 Å². The predicted molar refractivity (Wildman–Crippen MR) is 77.4 cm³/mol. The molecule has 1 aliphatic rings. The maximum atomic E-state index is 11.8. The van der Waals surface area contributed by atoms with Gasteiger partial charge in [-0.2, -0.15) is 0 Å². The number of carbonyl (C=O) groups is 2. The van der Waals surface area contributed by atoms with Crippen molar-refractivity contribution < 1.29 is 9.59 Å². The van der Waals surface area contributed by atoms with Gasteiger partial charge in [0.2, 0.25) is 5.91 Å². The molecule has 2 amide bonds. The minimum atomic E-state index is -0.218. The lowest BCUT2D eigenvalue weighted by atomic mass is 10.1. The van der Waals surface area contributed by atoms with E-state index in [-0.39, 0.29) is 24.4 Å². The number of piperidine rings is 1. The summed E-state index contributed by atoms with van der Waals surface area (Å²) in [5.41, 5.74) is 0.569. The van der Waals surface area contributed by atoms with Crippen LogP contribution in [0.25, 0.3) is 0 Å². The van der Waals surface area contributed by atoms with Crippen molar-refractivity contribution in [3.63, 3.8) is 0 Å². The summed E-state index contributed by atoms with van der Waals surface area (Å²) in [4.78, 5) is 25.8. The smallest absolute Gasteiger partial charge is 0.251 e. The average Bonchev–Trinajstić information content (AvgIpc) is 2.48. The van der Waals surface area contributed by atoms with E-state index in [1.807, 2.05) is 6.07 Å². The van der Waals surface area contributed by atoms with Crippen LogP contribution in [0.1, 0.15) is 23.2 Å².